The van der Waals surface area contributed by atoms with E-state index in [1.54, 1.807) is 24.3 Å². The summed E-state index contributed by atoms with van der Waals surface area (Å²) >= 11 is 3.49. The lowest BCUT2D eigenvalue weighted by Crippen LogP contribution is -2.19. The average Bonchev–Trinajstić information content (AvgIpc) is 3.09. The summed E-state index contributed by atoms with van der Waals surface area (Å²) < 4.78 is 22.7. The quantitative estimate of drug-likeness (QED) is 0.748. The molecule has 1 aliphatic rings. The fourth-order valence-corrected chi connectivity index (χ4v) is 2.41. The van der Waals surface area contributed by atoms with Gasteiger partial charge in [-0.2, -0.15) is 5.26 Å². The fourth-order valence-electron chi connectivity index (χ4n) is 2.05. The molecule has 0 spiro atoms. The van der Waals surface area contributed by atoms with Gasteiger partial charge in [0.25, 0.3) is 0 Å². The zero-order valence-corrected chi connectivity index (χ0v) is 13.8. The highest BCUT2D eigenvalue weighted by molar-refractivity contribution is 9.10. The lowest BCUT2D eigenvalue weighted by atomic mass is 10.2. The molecule has 5 nitrogen and oxygen atoms in total. The molecular formula is C16H13BBrNO4. The maximum Gasteiger partial charge on any atom is 0.639 e. The van der Waals surface area contributed by atoms with Crippen LogP contribution in [0.25, 0.3) is 0 Å². The summed E-state index contributed by atoms with van der Waals surface area (Å²) in [5.41, 5.74) is 1.52. The van der Waals surface area contributed by atoms with Crippen LogP contribution in [-0.2, 0) is 20.6 Å². The monoisotopic (exact) mass is 373 g/mol. The Hall–Kier alpha value is -1.85. The zero-order chi connectivity index (χ0) is 16.1. The van der Waals surface area contributed by atoms with E-state index in [-0.39, 0.29) is 0 Å². The van der Waals surface area contributed by atoms with E-state index < -0.39 is 7.32 Å². The molecule has 1 aliphatic heterocycles. The molecule has 116 valence electrons. The summed E-state index contributed by atoms with van der Waals surface area (Å²) in [6, 6.07) is 14.7. The van der Waals surface area contributed by atoms with E-state index in [2.05, 4.69) is 22.0 Å². The van der Waals surface area contributed by atoms with Crippen molar-refractivity contribution in [2.45, 2.75) is 6.61 Å². The van der Waals surface area contributed by atoms with Crippen molar-refractivity contribution in [3.63, 3.8) is 0 Å². The summed E-state index contributed by atoms with van der Waals surface area (Å²) in [6.45, 7) is 1.44. The molecule has 7 heteroatoms. The number of nitriles is 1. The zero-order valence-electron chi connectivity index (χ0n) is 12.2. The first-order valence-corrected chi connectivity index (χ1v) is 7.85. The van der Waals surface area contributed by atoms with Gasteiger partial charge >= 0.3 is 7.32 Å². The third-order valence-electron chi connectivity index (χ3n) is 3.20. The second-order valence-electron chi connectivity index (χ2n) is 4.83. The minimum Gasteiger partial charge on any atom is -0.457 e. The Balaban J connectivity index is 1.67. The number of rotatable bonds is 5. The molecule has 0 aromatic heterocycles. The Labute approximate surface area is 143 Å². The summed E-state index contributed by atoms with van der Waals surface area (Å²) in [5, 5.41) is 8.80. The number of hydrogen-bond acceptors (Lipinski definition) is 5. The molecule has 0 atom stereocenters. The van der Waals surface area contributed by atoms with Crippen LogP contribution in [0.1, 0.15) is 11.1 Å². The number of hydrogen-bond donors (Lipinski definition) is 0. The van der Waals surface area contributed by atoms with Crippen LogP contribution in [0.4, 0.5) is 0 Å². The first-order valence-electron chi connectivity index (χ1n) is 7.06. The number of benzene rings is 2. The Morgan fingerprint density at radius 1 is 1.09 bits per heavy atom. The van der Waals surface area contributed by atoms with Crippen molar-refractivity contribution in [2.75, 3.05) is 13.2 Å². The molecule has 2 aromatic carbocycles. The van der Waals surface area contributed by atoms with Gasteiger partial charge in [-0.25, -0.2) is 0 Å². The average molecular weight is 374 g/mol. The molecule has 23 heavy (non-hydrogen) atoms. The van der Waals surface area contributed by atoms with Crippen LogP contribution in [0.15, 0.2) is 46.9 Å². The highest BCUT2D eigenvalue weighted by atomic mass is 79.9. The van der Waals surface area contributed by atoms with Gasteiger partial charge in [0.15, 0.2) is 0 Å². The Bertz CT molecular complexity index is 711. The number of halogens is 1. The molecule has 0 saturated carbocycles. The molecule has 1 heterocycles. The normalized spacial score (nSPS) is 13.8. The first-order chi connectivity index (χ1) is 11.2. The van der Waals surface area contributed by atoms with Crippen LogP contribution in [0.2, 0.25) is 0 Å². The van der Waals surface area contributed by atoms with E-state index in [1.807, 2.05) is 18.2 Å². The van der Waals surface area contributed by atoms with Crippen molar-refractivity contribution in [1.29, 1.82) is 5.26 Å². The molecule has 2 aromatic rings. The van der Waals surface area contributed by atoms with Gasteiger partial charge in [-0.3, -0.25) is 0 Å². The predicted octanol–water partition coefficient (Wildman–Crippen LogP) is 3.66. The van der Waals surface area contributed by atoms with Crippen LogP contribution in [0, 0.1) is 11.3 Å². The van der Waals surface area contributed by atoms with Crippen molar-refractivity contribution in [3.05, 3.63) is 58.1 Å². The fraction of sp³-hybridized carbons (Fsp3) is 0.188. The van der Waals surface area contributed by atoms with E-state index >= 15 is 0 Å². The topological polar surface area (TPSA) is 60.7 Å². The Morgan fingerprint density at radius 2 is 1.78 bits per heavy atom. The molecule has 0 bridgehead atoms. The van der Waals surface area contributed by atoms with Crippen molar-refractivity contribution in [2.24, 2.45) is 0 Å². The van der Waals surface area contributed by atoms with Crippen LogP contribution in [0.3, 0.4) is 0 Å². The molecule has 0 aliphatic carbocycles. The molecule has 3 rings (SSSR count). The third-order valence-corrected chi connectivity index (χ3v) is 3.98. The predicted molar refractivity (Wildman–Crippen MR) is 87.8 cm³/mol. The van der Waals surface area contributed by atoms with E-state index in [9.17, 15) is 0 Å². The Kier molecular flexibility index (Phi) is 5.31. The van der Waals surface area contributed by atoms with E-state index in [0.29, 0.717) is 36.9 Å². The third kappa shape index (κ3) is 4.33. The van der Waals surface area contributed by atoms with E-state index in [1.165, 1.54) is 0 Å². The standard InChI is InChI=1S/C16H13BBrNO4/c18-16-6-5-15(23-14-3-1-12(10-19)2-4-14)9-13(16)11-22-17-20-7-8-21-17/h1-6,9H,7-8,11H2. The molecule has 0 amide bonds. The van der Waals surface area contributed by atoms with Gasteiger partial charge < -0.3 is 18.7 Å². The second kappa shape index (κ2) is 7.62. The SMILES string of the molecule is N#Cc1ccc(Oc2ccc(Br)c(COB3OCCO3)c2)cc1. The van der Waals surface area contributed by atoms with Gasteiger partial charge in [0, 0.05) is 4.47 Å². The smallest absolute Gasteiger partial charge is 0.457 e. The van der Waals surface area contributed by atoms with Gasteiger partial charge in [-0.15, -0.1) is 0 Å². The van der Waals surface area contributed by atoms with Crippen molar-refractivity contribution >= 4 is 23.3 Å². The van der Waals surface area contributed by atoms with Gasteiger partial charge in [-0.05, 0) is 48.0 Å². The lowest BCUT2D eigenvalue weighted by molar-refractivity contribution is 0.170. The lowest BCUT2D eigenvalue weighted by Gasteiger charge is -2.11. The summed E-state index contributed by atoms with van der Waals surface area (Å²) in [5.74, 6) is 1.35. The van der Waals surface area contributed by atoms with Gasteiger partial charge in [0.05, 0.1) is 31.5 Å². The minimum absolute atomic E-state index is 0.343. The number of ether oxygens (including phenoxy) is 1. The van der Waals surface area contributed by atoms with Gasteiger partial charge in [0.1, 0.15) is 11.5 Å². The van der Waals surface area contributed by atoms with Crippen molar-refractivity contribution < 1.29 is 18.7 Å². The molecule has 1 fully saturated rings. The molecular weight excluding hydrogens is 361 g/mol. The maximum atomic E-state index is 8.80. The van der Waals surface area contributed by atoms with Gasteiger partial charge in [0.2, 0.25) is 0 Å². The highest BCUT2D eigenvalue weighted by Gasteiger charge is 2.26. The van der Waals surface area contributed by atoms with Crippen molar-refractivity contribution in [1.82, 2.24) is 0 Å². The summed E-state index contributed by atoms with van der Waals surface area (Å²) in [4.78, 5) is 0. The minimum atomic E-state index is -0.606. The Morgan fingerprint density at radius 3 is 2.48 bits per heavy atom. The van der Waals surface area contributed by atoms with Crippen LogP contribution < -0.4 is 4.74 Å². The largest absolute Gasteiger partial charge is 0.639 e. The van der Waals surface area contributed by atoms with Crippen molar-refractivity contribution in [3.8, 4) is 17.6 Å². The van der Waals surface area contributed by atoms with Gasteiger partial charge in [-0.1, -0.05) is 15.9 Å². The second-order valence-corrected chi connectivity index (χ2v) is 5.69. The molecule has 0 unspecified atom stereocenters. The van der Waals surface area contributed by atoms with Crippen LogP contribution >= 0.6 is 15.9 Å². The number of nitrogens with zero attached hydrogens (tertiary/aromatic N) is 1. The molecule has 0 N–H and O–H groups in total. The summed E-state index contributed by atoms with van der Waals surface area (Å²) in [7, 11) is -0.606. The first kappa shape index (κ1) is 16.0. The summed E-state index contributed by atoms with van der Waals surface area (Å²) in [6.07, 6.45) is 0. The van der Waals surface area contributed by atoms with Crippen LogP contribution in [-0.4, -0.2) is 20.5 Å². The molecule has 0 radical (unpaired) electrons. The van der Waals surface area contributed by atoms with E-state index in [0.717, 1.165) is 10.0 Å². The van der Waals surface area contributed by atoms with E-state index in [4.69, 9.17) is 24.0 Å². The molecule has 1 saturated heterocycles. The van der Waals surface area contributed by atoms with Crippen LogP contribution in [0.5, 0.6) is 11.5 Å². The highest BCUT2D eigenvalue weighted by Crippen LogP contribution is 2.27. The maximum absolute atomic E-state index is 8.80.